The maximum Gasteiger partial charge on any atom is 0.363 e. The zero-order valence-corrected chi connectivity index (χ0v) is 14.4. The standard InChI is InChI=1S/C19H13ClN2O4/c1-12(9-13-5-3-2-4-6-13)10-17-19(23)26-18(21-17)15-11-14(22(24)25)7-8-16(15)20/h2-11H,1H3/b12-9-,17-10+. The average Bonchev–Trinajstić information content (AvgIpc) is 2.96. The lowest BCUT2D eigenvalue weighted by atomic mass is 10.1. The predicted octanol–water partition coefficient (Wildman–Crippen LogP) is 4.54. The average molecular weight is 369 g/mol. The molecule has 2 aromatic rings. The Morgan fingerprint density at radius 3 is 2.65 bits per heavy atom. The summed E-state index contributed by atoms with van der Waals surface area (Å²) in [5.74, 6) is -0.689. The van der Waals surface area contributed by atoms with Crippen LogP contribution < -0.4 is 0 Å². The molecule has 6 nitrogen and oxygen atoms in total. The van der Waals surface area contributed by atoms with Gasteiger partial charge in [0.2, 0.25) is 5.90 Å². The van der Waals surface area contributed by atoms with E-state index in [1.807, 2.05) is 43.3 Å². The highest BCUT2D eigenvalue weighted by molar-refractivity contribution is 6.34. The lowest BCUT2D eigenvalue weighted by Gasteiger charge is -2.02. The minimum absolute atomic E-state index is 0.0533. The first-order valence-corrected chi connectivity index (χ1v) is 8.02. The second-order valence-corrected chi connectivity index (χ2v) is 5.96. The van der Waals surface area contributed by atoms with Crippen molar-refractivity contribution in [1.29, 1.82) is 0 Å². The third kappa shape index (κ3) is 3.87. The lowest BCUT2D eigenvalue weighted by Crippen LogP contribution is -2.06. The second-order valence-electron chi connectivity index (χ2n) is 5.56. The van der Waals surface area contributed by atoms with Gasteiger partial charge in [-0.2, -0.15) is 0 Å². The van der Waals surface area contributed by atoms with Gasteiger partial charge in [0.1, 0.15) is 0 Å². The Morgan fingerprint density at radius 1 is 1.23 bits per heavy atom. The van der Waals surface area contributed by atoms with Crippen molar-refractivity contribution in [2.24, 2.45) is 4.99 Å². The van der Waals surface area contributed by atoms with Crippen molar-refractivity contribution in [3.05, 3.63) is 92.1 Å². The fraction of sp³-hybridized carbons (Fsp3) is 0.0526. The van der Waals surface area contributed by atoms with Gasteiger partial charge in [0.25, 0.3) is 5.69 Å². The lowest BCUT2D eigenvalue weighted by molar-refractivity contribution is -0.384. The largest absolute Gasteiger partial charge is 0.402 e. The second kappa shape index (κ2) is 7.33. The van der Waals surface area contributed by atoms with Gasteiger partial charge < -0.3 is 4.74 Å². The van der Waals surface area contributed by atoms with Crippen molar-refractivity contribution in [3.8, 4) is 0 Å². The molecule has 0 spiro atoms. The van der Waals surface area contributed by atoms with Crippen molar-refractivity contribution in [2.75, 3.05) is 0 Å². The Labute approximate surface area is 154 Å². The summed E-state index contributed by atoms with van der Waals surface area (Å²) >= 11 is 6.06. The molecule has 0 unspecified atom stereocenters. The van der Waals surface area contributed by atoms with Gasteiger partial charge in [0.15, 0.2) is 5.70 Å². The molecule has 0 saturated heterocycles. The molecule has 2 aromatic carbocycles. The number of esters is 1. The molecule has 0 bridgehead atoms. The van der Waals surface area contributed by atoms with Gasteiger partial charge in [0.05, 0.1) is 15.5 Å². The Morgan fingerprint density at radius 2 is 1.96 bits per heavy atom. The molecule has 0 fully saturated rings. The van der Waals surface area contributed by atoms with E-state index in [0.717, 1.165) is 11.1 Å². The highest BCUT2D eigenvalue weighted by Gasteiger charge is 2.27. The van der Waals surface area contributed by atoms with Crippen LogP contribution in [0.5, 0.6) is 0 Å². The van der Waals surface area contributed by atoms with Gasteiger partial charge in [-0.15, -0.1) is 0 Å². The minimum Gasteiger partial charge on any atom is -0.402 e. The number of carbonyl (C=O) groups is 1. The van der Waals surface area contributed by atoms with Gasteiger partial charge in [-0.3, -0.25) is 10.1 Å². The van der Waals surface area contributed by atoms with Crippen LogP contribution in [0.4, 0.5) is 5.69 Å². The molecule has 0 saturated carbocycles. The van der Waals surface area contributed by atoms with E-state index in [4.69, 9.17) is 16.3 Å². The third-order valence-electron chi connectivity index (χ3n) is 3.57. The maximum absolute atomic E-state index is 12.1. The number of rotatable bonds is 4. The summed E-state index contributed by atoms with van der Waals surface area (Å²) in [6, 6.07) is 13.5. The van der Waals surface area contributed by atoms with Crippen molar-refractivity contribution < 1.29 is 14.5 Å². The van der Waals surface area contributed by atoms with Crippen LogP contribution in [0.25, 0.3) is 6.08 Å². The molecule has 130 valence electrons. The quantitative estimate of drug-likeness (QED) is 0.343. The number of carbonyl (C=O) groups excluding carboxylic acids is 1. The van der Waals surface area contributed by atoms with Crippen LogP contribution in [0, 0.1) is 10.1 Å². The molecule has 0 aromatic heterocycles. The van der Waals surface area contributed by atoms with Crippen LogP contribution in [-0.2, 0) is 9.53 Å². The number of allylic oxidation sites excluding steroid dienone is 2. The predicted molar refractivity (Wildman–Crippen MR) is 98.9 cm³/mol. The van der Waals surface area contributed by atoms with Gasteiger partial charge in [-0.1, -0.05) is 48.0 Å². The number of hydrogen-bond acceptors (Lipinski definition) is 5. The van der Waals surface area contributed by atoms with Crippen molar-refractivity contribution in [3.63, 3.8) is 0 Å². The smallest absolute Gasteiger partial charge is 0.363 e. The van der Waals surface area contributed by atoms with Crippen molar-refractivity contribution in [2.45, 2.75) is 6.92 Å². The summed E-state index contributed by atoms with van der Waals surface area (Å²) < 4.78 is 5.14. The molecule has 1 heterocycles. The molecule has 0 N–H and O–H groups in total. The molecule has 0 radical (unpaired) electrons. The highest BCUT2D eigenvalue weighted by Crippen LogP contribution is 2.27. The summed E-state index contributed by atoms with van der Waals surface area (Å²) in [5.41, 5.74) is 1.92. The Balaban J connectivity index is 1.93. The summed E-state index contributed by atoms with van der Waals surface area (Å²) in [5, 5.41) is 11.1. The van der Waals surface area contributed by atoms with Crippen LogP contribution >= 0.6 is 11.6 Å². The van der Waals surface area contributed by atoms with E-state index in [-0.39, 0.29) is 27.9 Å². The molecular weight excluding hydrogens is 356 g/mol. The fourth-order valence-electron chi connectivity index (χ4n) is 2.38. The Kier molecular flexibility index (Phi) is 4.95. The van der Waals surface area contributed by atoms with E-state index in [9.17, 15) is 14.9 Å². The van der Waals surface area contributed by atoms with Crippen LogP contribution in [-0.4, -0.2) is 16.8 Å². The first-order valence-electron chi connectivity index (χ1n) is 7.64. The topological polar surface area (TPSA) is 81.8 Å². The molecule has 1 aliphatic rings. The zero-order valence-electron chi connectivity index (χ0n) is 13.7. The van der Waals surface area contributed by atoms with Gasteiger partial charge in [0, 0.05) is 12.1 Å². The molecule has 1 aliphatic heterocycles. The number of hydrogen-bond donors (Lipinski definition) is 0. The number of halogens is 1. The first kappa shape index (κ1) is 17.6. The number of nitrogens with zero attached hydrogens (tertiary/aromatic N) is 2. The van der Waals surface area contributed by atoms with Crippen LogP contribution in [0.2, 0.25) is 5.02 Å². The van der Waals surface area contributed by atoms with E-state index in [0.29, 0.717) is 0 Å². The van der Waals surface area contributed by atoms with Gasteiger partial charge >= 0.3 is 5.97 Å². The SMILES string of the molecule is CC(=C/c1ccccc1)/C=C1/N=C(c2cc([N+](=O)[O-])ccc2Cl)OC1=O. The molecule has 3 rings (SSSR count). The number of aliphatic imine (C=N–C) groups is 1. The molecule has 7 heteroatoms. The molecule has 26 heavy (non-hydrogen) atoms. The van der Waals surface area contributed by atoms with Crippen molar-refractivity contribution >= 4 is 35.2 Å². The Bertz CT molecular complexity index is 978. The Hall–Kier alpha value is -3.25. The minimum atomic E-state index is -0.636. The summed E-state index contributed by atoms with van der Waals surface area (Å²) in [7, 11) is 0. The van der Waals surface area contributed by atoms with Gasteiger partial charge in [-0.05, 0) is 30.2 Å². The molecular formula is C19H13ClN2O4. The van der Waals surface area contributed by atoms with Crippen molar-refractivity contribution in [1.82, 2.24) is 0 Å². The van der Waals surface area contributed by atoms with E-state index in [2.05, 4.69) is 4.99 Å². The van der Waals surface area contributed by atoms with E-state index in [1.165, 1.54) is 18.2 Å². The number of non-ortho nitro benzene ring substituents is 1. The van der Waals surface area contributed by atoms with Crippen LogP contribution in [0.15, 0.2) is 70.9 Å². The molecule has 0 amide bonds. The fourth-order valence-corrected chi connectivity index (χ4v) is 2.58. The third-order valence-corrected chi connectivity index (χ3v) is 3.90. The summed E-state index contributed by atoms with van der Waals surface area (Å²) in [6.07, 6.45) is 3.49. The van der Waals surface area contributed by atoms with E-state index in [1.54, 1.807) is 6.08 Å². The normalized spacial score (nSPS) is 15.8. The van der Waals surface area contributed by atoms with Crippen LogP contribution in [0.1, 0.15) is 18.1 Å². The molecule has 0 atom stereocenters. The number of benzene rings is 2. The summed E-state index contributed by atoms with van der Waals surface area (Å²) in [4.78, 5) is 26.6. The maximum atomic E-state index is 12.1. The number of ether oxygens (including phenoxy) is 1. The zero-order chi connectivity index (χ0) is 18.7. The van der Waals surface area contributed by atoms with Crippen LogP contribution in [0.3, 0.4) is 0 Å². The number of nitro benzene ring substituents is 1. The monoisotopic (exact) mass is 368 g/mol. The molecule has 0 aliphatic carbocycles. The highest BCUT2D eigenvalue weighted by atomic mass is 35.5. The number of nitro groups is 1. The van der Waals surface area contributed by atoms with E-state index < -0.39 is 10.9 Å². The number of cyclic esters (lactones) is 1. The van der Waals surface area contributed by atoms with Gasteiger partial charge in [-0.25, -0.2) is 9.79 Å². The summed E-state index contributed by atoms with van der Waals surface area (Å²) in [6.45, 7) is 1.83. The van der Waals surface area contributed by atoms with E-state index >= 15 is 0 Å². The first-order chi connectivity index (χ1) is 12.4.